The molecule has 2 atom stereocenters. The van der Waals surface area contributed by atoms with E-state index in [1.54, 1.807) is 12.1 Å². The summed E-state index contributed by atoms with van der Waals surface area (Å²) in [5.41, 5.74) is 6.78. The number of nitrogens with two attached hydrogens (primary N) is 1. The Kier molecular flexibility index (Phi) is 4.42. The standard InChI is InChI=1S/C12H15Cl3N2/c13-9-5-11(15)12(6-10(9)14)17-8-3-1-2-7(16)4-8/h5-8,17H,1-4,16H2. The highest BCUT2D eigenvalue weighted by Gasteiger charge is 2.20. The van der Waals surface area contributed by atoms with Crippen LogP contribution in [0, 0.1) is 0 Å². The molecule has 1 aromatic rings. The fraction of sp³-hybridized carbons (Fsp3) is 0.500. The van der Waals surface area contributed by atoms with Gasteiger partial charge in [0.2, 0.25) is 0 Å². The minimum absolute atomic E-state index is 0.280. The third-order valence-corrected chi connectivity index (χ3v) is 4.12. The Hall–Kier alpha value is -0.150. The molecule has 0 saturated heterocycles. The average Bonchev–Trinajstić information content (AvgIpc) is 2.26. The molecule has 94 valence electrons. The van der Waals surface area contributed by atoms with Crippen molar-refractivity contribution in [2.45, 2.75) is 37.8 Å². The van der Waals surface area contributed by atoms with Crippen LogP contribution < -0.4 is 11.1 Å². The molecule has 0 aliphatic heterocycles. The molecule has 0 amide bonds. The van der Waals surface area contributed by atoms with Crippen LogP contribution in [0.1, 0.15) is 25.7 Å². The number of anilines is 1. The molecule has 1 fully saturated rings. The lowest BCUT2D eigenvalue weighted by molar-refractivity contribution is 0.409. The van der Waals surface area contributed by atoms with Crippen LogP contribution in [-0.4, -0.2) is 12.1 Å². The highest BCUT2D eigenvalue weighted by molar-refractivity contribution is 6.44. The second-order valence-corrected chi connectivity index (χ2v) is 5.74. The fourth-order valence-electron chi connectivity index (χ4n) is 2.21. The van der Waals surface area contributed by atoms with Crippen LogP contribution in [0.15, 0.2) is 12.1 Å². The number of benzene rings is 1. The van der Waals surface area contributed by atoms with E-state index in [1.807, 2.05) is 0 Å². The van der Waals surface area contributed by atoms with Gasteiger partial charge in [0.15, 0.2) is 0 Å². The Morgan fingerprint density at radius 3 is 2.47 bits per heavy atom. The zero-order valence-corrected chi connectivity index (χ0v) is 11.6. The van der Waals surface area contributed by atoms with Crippen LogP contribution in [0.4, 0.5) is 5.69 Å². The van der Waals surface area contributed by atoms with Gasteiger partial charge in [-0.15, -0.1) is 0 Å². The third-order valence-electron chi connectivity index (χ3n) is 3.08. The van der Waals surface area contributed by atoms with E-state index in [1.165, 1.54) is 0 Å². The van der Waals surface area contributed by atoms with Gasteiger partial charge in [0.25, 0.3) is 0 Å². The predicted octanol–water partition coefficient (Wildman–Crippen LogP) is 4.33. The number of halogens is 3. The van der Waals surface area contributed by atoms with Gasteiger partial charge in [-0.25, -0.2) is 0 Å². The first-order valence-electron chi connectivity index (χ1n) is 5.73. The van der Waals surface area contributed by atoms with Gasteiger partial charge in [-0.1, -0.05) is 34.8 Å². The van der Waals surface area contributed by atoms with Crippen molar-refractivity contribution >= 4 is 40.5 Å². The average molecular weight is 294 g/mol. The zero-order valence-electron chi connectivity index (χ0n) is 9.35. The maximum atomic E-state index is 6.12. The Labute approximate surface area is 116 Å². The number of nitrogens with one attached hydrogen (secondary N) is 1. The molecule has 0 heterocycles. The molecule has 0 bridgehead atoms. The summed E-state index contributed by atoms with van der Waals surface area (Å²) in [4.78, 5) is 0. The van der Waals surface area contributed by atoms with Gasteiger partial charge in [0, 0.05) is 12.1 Å². The van der Waals surface area contributed by atoms with E-state index >= 15 is 0 Å². The summed E-state index contributed by atoms with van der Waals surface area (Å²) in [7, 11) is 0. The summed E-state index contributed by atoms with van der Waals surface area (Å²) >= 11 is 18.0. The molecule has 17 heavy (non-hydrogen) atoms. The first-order valence-corrected chi connectivity index (χ1v) is 6.86. The Bertz CT molecular complexity index is 409. The largest absolute Gasteiger partial charge is 0.381 e. The predicted molar refractivity (Wildman–Crippen MR) is 75.3 cm³/mol. The smallest absolute Gasteiger partial charge is 0.0653 e. The van der Waals surface area contributed by atoms with Crippen molar-refractivity contribution in [3.63, 3.8) is 0 Å². The Morgan fingerprint density at radius 2 is 1.76 bits per heavy atom. The van der Waals surface area contributed by atoms with Crippen molar-refractivity contribution in [2.24, 2.45) is 5.73 Å². The summed E-state index contributed by atoms with van der Waals surface area (Å²) in [5.74, 6) is 0. The fourth-order valence-corrected chi connectivity index (χ4v) is 2.81. The molecular weight excluding hydrogens is 279 g/mol. The third kappa shape index (κ3) is 3.41. The van der Waals surface area contributed by atoms with E-state index in [2.05, 4.69) is 5.32 Å². The van der Waals surface area contributed by atoms with Crippen LogP contribution in [0.3, 0.4) is 0 Å². The van der Waals surface area contributed by atoms with Crippen molar-refractivity contribution in [1.82, 2.24) is 0 Å². The van der Waals surface area contributed by atoms with Crippen molar-refractivity contribution < 1.29 is 0 Å². The van der Waals surface area contributed by atoms with Crippen LogP contribution in [-0.2, 0) is 0 Å². The molecule has 2 unspecified atom stereocenters. The molecule has 5 heteroatoms. The van der Waals surface area contributed by atoms with Crippen LogP contribution >= 0.6 is 34.8 Å². The molecule has 1 aromatic carbocycles. The topological polar surface area (TPSA) is 38.0 Å². The first kappa shape index (κ1) is 13.3. The summed E-state index contributed by atoms with van der Waals surface area (Å²) in [6.45, 7) is 0. The van der Waals surface area contributed by atoms with Gasteiger partial charge in [-0.2, -0.15) is 0 Å². The molecule has 0 spiro atoms. The number of hydrogen-bond acceptors (Lipinski definition) is 2. The van der Waals surface area contributed by atoms with Gasteiger partial charge in [0.05, 0.1) is 20.8 Å². The lowest BCUT2D eigenvalue weighted by atomic mass is 9.91. The van der Waals surface area contributed by atoms with Gasteiger partial charge in [-0.05, 0) is 37.8 Å². The van der Waals surface area contributed by atoms with E-state index in [0.29, 0.717) is 21.1 Å². The monoisotopic (exact) mass is 292 g/mol. The van der Waals surface area contributed by atoms with Gasteiger partial charge >= 0.3 is 0 Å². The van der Waals surface area contributed by atoms with E-state index < -0.39 is 0 Å². The maximum Gasteiger partial charge on any atom is 0.0653 e. The van der Waals surface area contributed by atoms with Crippen molar-refractivity contribution in [3.8, 4) is 0 Å². The lowest BCUT2D eigenvalue weighted by Gasteiger charge is -2.28. The molecule has 0 radical (unpaired) electrons. The Morgan fingerprint density at radius 1 is 1.06 bits per heavy atom. The highest BCUT2D eigenvalue weighted by Crippen LogP contribution is 2.33. The lowest BCUT2D eigenvalue weighted by Crippen LogP contribution is -2.34. The normalized spacial score (nSPS) is 24.7. The van der Waals surface area contributed by atoms with Crippen LogP contribution in [0.25, 0.3) is 0 Å². The minimum Gasteiger partial charge on any atom is -0.381 e. The van der Waals surface area contributed by atoms with Gasteiger partial charge in [0.1, 0.15) is 0 Å². The molecule has 1 aliphatic rings. The summed E-state index contributed by atoms with van der Waals surface area (Å²) in [6.07, 6.45) is 4.34. The van der Waals surface area contributed by atoms with Crippen molar-refractivity contribution in [3.05, 3.63) is 27.2 Å². The second-order valence-electron chi connectivity index (χ2n) is 4.51. The molecular formula is C12H15Cl3N2. The molecule has 1 aliphatic carbocycles. The molecule has 3 N–H and O–H groups in total. The van der Waals surface area contributed by atoms with E-state index in [-0.39, 0.29) is 6.04 Å². The Balaban J connectivity index is 2.10. The first-order chi connectivity index (χ1) is 8.06. The summed E-state index contributed by atoms with van der Waals surface area (Å²) in [6, 6.07) is 4.08. The van der Waals surface area contributed by atoms with E-state index in [9.17, 15) is 0 Å². The molecule has 0 aromatic heterocycles. The molecule has 2 rings (SSSR count). The quantitative estimate of drug-likeness (QED) is 0.797. The minimum atomic E-state index is 0.280. The van der Waals surface area contributed by atoms with Crippen LogP contribution in [0.5, 0.6) is 0 Å². The van der Waals surface area contributed by atoms with E-state index in [0.717, 1.165) is 31.4 Å². The highest BCUT2D eigenvalue weighted by atomic mass is 35.5. The number of rotatable bonds is 2. The van der Waals surface area contributed by atoms with Gasteiger partial charge in [-0.3, -0.25) is 0 Å². The maximum absolute atomic E-state index is 6.12. The second kappa shape index (κ2) is 5.66. The van der Waals surface area contributed by atoms with Gasteiger partial charge < -0.3 is 11.1 Å². The van der Waals surface area contributed by atoms with E-state index in [4.69, 9.17) is 40.5 Å². The van der Waals surface area contributed by atoms with Crippen LogP contribution in [0.2, 0.25) is 15.1 Å². The SMILES string of the molecule is NC1CCCC(Nc2cc(Cl)c(Cl)cc2Cl)C1. The number of hydrogen-bond donors (Lipinski definition) is 2. The summed E-state index contributed by atoms with van der Waals surface area (Å²) in [5, 5.41) is 4.98. The molecule has 1 saturated carbocycles. The zero-order chi connectivity index (χ0) is 12.4. The van der Waals surface area contributed by atoms with Crippen molar-refractivity contribution in [1.29, 1.82) is 0 Å². The summed E-state index contributed by atoms with van der Waals surface area (Å²) < 4.78 is 0. The molecule has 2 nitrogen and oxygen atoms in total. The van der Waals surface area contributed by atoms with Crippen molar-refractivity contribution in [2.75, 3.05) is 5.32 Å².